The minimum atomic E-state index is -0.421. The molecule has 30 heavy (non-hydrogen) atoms. The van der Waals surface area contributed by atoms with Crippen molar-refractivity contribution in [2.24, 2.45) is 0 Å². The van der Waals surface area contributed by atoms with Crippen LogP contribution in [0.1, 0.15) is 29.7 Å². The van der Waals surface area contributed by atoms with Crippen molar-refractivity contribution in [1.29, 1.82) is 0 Å². The lowest BCUT2D eigenvalue weighted by Gasteiger charge is -2.10. The average molecular weight is 401 g/mol. The van der Waals surface area contributed by atoms with Crippen LogP contribution in [-0.4, -0.2) is 25.5 Å². The molecule has 2 aromatic heterocycles. The fraction of sp³-hybridized carbons (Fsp3) is 0.217. The Morgan fingerprint density at radius 2 is 1.90 bits per heavy atom. The first-order valence-electron chi connectivity index (χ1n) is 9.84. The third-order valence-electron chi connectivity index (χ3n) is 5.58. The maximum absolute atomic E-state index is 14.3. The predicted molar refractivity (Wildman–Crippen MR) is 112 cm³/mol. The van der Waals surface area contributed by atoms with Crippen LogP contribution in [0.5, 0.6) is 0 Å². The Morgan fingerprint density at radius 1 is 1.17 bits per heavy atom. The molecule has 150 valence electrons. The number of hydrogen-bond donors (Lipinski definition) is 1. The molecular formula is C23H20FN5O. The molecule has 0 fully saturated rings. The molecule has 2 aromatic carbocycles. The van der Waals surface area contributed by atoms with Crippen LogP contribution >= 0.6 is 0 Å². The van der Waals surface area contributed by atoms with E-state index in [0.29, 0.717) is 33.7 Å². The number of aromatic nitrogens is 4. The molecule has 7 heteroatoms. The van der Waals surface area contributed by atoms with Gasteiger partial charge in [0.1, 0.15) is 29.4 Å². The third kappa shape index (κ3) is 3.12. The van der Waals surface area contributed by atoms with E-state index in [9.17, 15) is 9.18 Å². The van der Waals surface area contributed by atoms with Gasteiger partial charge in [0.2, 0.25) is 0 Å². The number of carbonyl (C=O) groups excluding carboxylic acids is 1. The SMILES string of the molecule is CC(=O)Cc1cc(F)cc(-c2nn(C3Cc4ccccc4C3)c3ncnc(N)c23)c1. The molecule has 0 unspecified atom stereocenters. The van der Waals surface area contributed by atoms with Crippen LogP contribution in [0.25, 0.3) is 22.3 Å². The van der Waals surface area contributed by atoms with E-state index in [1.165, 1.54) is 36.5 Å². The molecule has 1 aliphatic rings. The van der Waals surface area contributed by atoms with E-state index in [1.54, 1.807) is 6.07 Å². The van der Waals surface area contributed by atoms with Crippen molar-refractivity contribution >= 4 is 22.6 Å². The highest BCUT2D eigenvalue weighted by atomic mass is 19.1. The Morgan fingerprint density at radius 3 is 2.60 bits per heavy atom. The Kier molecular flexibility index (Phi) is 4.31. The van der Waals surface area contributed by atoms with E-state index in [4.69, 9.17) is 10.8 Å². The lowest BCUT2D eigenvalue weighted by molar-refractivity contribution is -0.116. The van der Waals surface area contributed by atoms with Crippen LogP contribution in [0.15, 0.2) is 48.8 Å². The van der Waals surface area contributed by atoms with Crippen LogP contribution in [0.3, 0.4) is 0 Å². The lowest BCUT2D eigenvalue weighted by Crippen LogP contribution is -2.11. The van der Waals surface area contributed by atoms with Crippen molar-refractivity contribution in [3.8, 4) is 11.3 Å². The molecule has 2 heterocycles. The molecule has 0 aliphatic heterocycles. The van der Waals surface area contributed by atoms with E-state index in [2.05, 4.69) is 22.1 Å². The minimum Gasteiger partial charge on any atom is -0.383 e. The quantitative estimate of drug-likeness (QED) is 0.564. The molecule has 0 radical (unpaired) electrons. The number of fused-ring (bicyclic) bond motifs is 2. The van der Waals surface area contributed by atoms with E-state index in [-0.39, 0.29) is 18.2 Å². The fourth-order valence-corrected chi connectivity index (χ4v) is 4.34. The zero-order valence-corrected chi connectivity index (χ0v) is 16.5. The minimum absolute atomic E-state index is 0.0338. The first kappa shape index (κ1) is 18.4. The third-order valence-corrected chi connectivity index (χ3v) is 5.58. The number of anilines is 1. The molecule has 4 aromatic rings. The number of carbonyl (C=O) groups is 1. The van der Waals surface area contributed by atoms with Crippen LogP contribution in [0, 0.1) is 5.82 Å². The number of Topliss-reactive ketones (excluding diaryl/α,β-unsaturated/α-hetero) is 1. The Labute approximate surface area is 172 Å². The second-order valence-electron chi connectivity index (χ2n) is 7.81. The van der Waals surface area contributed by atoms with E-state index >= 15 is 0 Å². The largest absolute Gasteiger partial charge is 0.383 e. The van der Waals surface area contributed by atoms with Gasteiger partial charge in [0.25, 0.3) is 0 Å². The van der Waals surface area contributed by atoms with Gasteiger partial charge < -0.3 is 5.73 Å². The molecular weight excluding hydrogens is 381 g/mol. The van der Waals surface area contributed by atoms with Gasteiger partial charge >= 0.3 is 0 Å². The topological polar surface area (TPSA) is 86.7 Å². The zero-order valence-electron chi connectivity index (χ0n) is 16.5. The van der Waals surface area contributed by atoms with E-state index < -0.39 is 5.82 Å². The summed E-state index contributed by atoms with van der Waals surface area (Å²) in [5, 5.41) is 5.43. The van der Waals surface area contributed by atoms with Gasteiger partial charge in [-0.2, -0.15) is 5.10 Å². The zero-order chi connectivity index (χ0) is 20.8. The van der Waals surface area contributed by atoms with Gasteiger partial charge in [-0.25, -0.2) is 19.0 Å². The van der Waals surface area contributed by atoms with Crippen LogP contribution in [0.4, 0.5) is 10.2 Å². The molecule has 0 amide bonds. The van der Waals surface area contributed by atoms with E-state index in [1.807, 2.05) is 16.8 Å². The number of nitrogens with zero attached hydrogens (tertiary/aromatic N) is 4. The van der Waals surface area contributed by atoms with E-state index in [0.717, 1.165) is 12.8 Å². The molecule has 0 spiro atoms. The van der Waals surface area contributed by atoms with Crippen LogP contribution < -0.4 is 5.73 Å². The summed E-state index contributed by atoms with van der Waals surface area (Å²) in [5.74, 6) is -0.155. The normalized spacial score (nSPS) is 13.7. The second-order valence-corrected chi connectivity index (χ2v) is 7.81. The van der Waals surface area contributed by atoms with Crippen molar-refractivity contribution < 1.29 is 9.18 Å². The summed E-state index contributed by atoms with van der Waals surface area (Å²) in [6.45, 7) is 1.48. The monoisotopic (exact) mass is 401 g/mol. The van der Waals surface area contributed by atoms with Gasteiger partial charge in [0, 0.05) is 12.0 Å². The Bertz CT molecular complexity index is 1270. The van der Waals surface area contributed by atoms with Gasteiger partial charge in [0.05, 0.1) is 11.4 Å². The molecule has 0 saturated heterocycles. The highest BCUT2D eigenvalue weighted by Crippen LogP contribution is 2.36. The van der Waals surface area contributed by atoms with Crippen molar-refractivity contribution in [2.75, 3.05) is 5.73 Å². The number of hydrogen-bond acceptors (Lipinski definition) is 5. The first-order chi connectivity index (χ1) is 14.5. The van der Waals surface area contributed by atoms with Crippen molar-refractivity contribution in [3.63, 3.8) is 0 Å². The number of nitrogen functional groups attached to an aromatic ring is 1. The van der Waals surface area contributed by atoms with Crippen molar-refractivity contribution in [3.05, 3.63) is 71.3 Å². The Balaban J connectivity index is 1.66. The summed E-state index contributed by atoms with van der Waals surface area (Å²) in [6.07, 6.45) is 3.27. The summed E-state index contributed by atoms with van der Waals surface area (Å²) >= 11 is 0. The second kappa shape index (κ2) is 7.02. The van der Waals surface area contributed by atoms with Crippen molar-refractivity contribution in [1.82, 2.24) is 19.7 Å². The molecule has 1 aliphatic carbocycles. The molecule has 0 bridgehead atoms. The number of rotatable bonds is 4. The number of halogens is 1. The maximum Gasteiger partial charge on any atom is 0.164 e. The fourth-order valence-electron chi connectivity index (χ4n) is 4.34. The summed E-state index contributed by atoms with van der Waals surface area (Å²) in [7, 11) is 0. The summed E-state index contributed by atoms with van der Waals surface area (Å²) in [6, 6.07) is 13.0. The van der Waals surface area contributed by atoms with Gasteiger partial charge in [-0.3, -0.25) is 4.79 Å². The van der Waals surface area contributed by atoms with Crippen LogP contribution in [-0.2, 0) is 24.1 Å². The van der Waals surface area contributed by atoms with Crippen molar-refractivity contribution in [2.45, 2.75) is 32.2 Å². The van der Waals surface area contributed by atoms with Gasteiger partial charge in [-0.15, -0.1) is 0 Å². The smallest absolute Gasteiger partial charge is 0.164 e. The summed E-state index contributed by atoms with van der Waals surface area (Å²) in [5.41, 5.74) is 11.1. The number of nitrogens with two attached hydrogens (primary N) is 1. The highest BCUT2D eigenvalue weighted by molar-refractivity contribution is 5.98. The molecule has 2 N–H and O–H groups in total. The predicted octanol–water partition coefficient (Wildman–Crippen LogP) is 3.69. The van der Waals surface area contributed by atoms with Gasteiger partial charge in [0.15, 0.2) is 5.65 Å². The molecule has 5 rings (SSSR count). The summed E-state index contributed by atoms with van der Waals surface area (Å²) < 4.78 is 16.2. The number of ketones is 1. The van der Waals surface area contributed by atoms with Crippen LogP contribution in [0.2, 0.25) is 0 Å². The lowest BCUT2D eigenvalue weighted by atomic mass is 10.0. The summed E-state index contributed by atoms with van der Waals surface area (Å²) in [4.78, 5) is 20.1. The molecule has 6 nitrogen and oxygen atoms in total. The average Bonchev–Trinajstić information content (AvgIpc) is 3.29. The van der Waals surface area contributed by atoms with Gasteiger partial charge in [-0.1, -0.05) is 24.3 Å². The standard InChI is InChI=1S/C23H20FN5O/c1-13(30)6-14-7-17(9-18(24)8-14)21-20-22(25)26-12-27-23(20)29(28-21)19-10-15-4-2-3-5-16(15)11-19/h2-5,7-9,12,19H,6,10-11H2,1H3,(H2,25,26,27). The Hall–Kier alpha value is -3.61. The highest BCUT2D eigenvalue weighted by Gasteiger charge is 2.27. The molecule has 0 saturated carbocycles. The number of benzene rings is 2. The van der Waals surface area contributed by atoms with Gasteiger partial charge in [-0.05, 0) is 54.7 Å². The first-order valence-corrected chi connectivity index (χ1v) is 9.84. The maximum atomic E-state index is 14.3. The molecule has 0 atom stereocenters.